The van der Waals surface area contributed by atoms with E-state index < -0.39 is 90.1 Å². The number of ketones is 1. The molecule has 17 N–H and O–H groups in total. The van der Waals surface area contributed by atoms with Crippen LogP contribution in [-0.2, 0) is 23.7 Å². The lowest BCUT2D eigenvalue weighted by atomic mass is 9.76. The predicted octanol–water partition coefficient (Wildman–Crippen LogP) is -5.88. The van der Waals surface area contributed by atoms with Crippen molar-refractivity contribution in [2.45, 2.75) is 111 Å². The molecule has 0 aromatic heterocycles. The molecule has 2 aliphatic heterocycles. The largest absolute Gasteiger partial charge is 0.467 e. The Kier molecular flexibility index (Phi) is 12.0. The lowest BCUT2D eigenvalue weighted by Gasteiger charge is -2.48. The van der Waals surface area contributed by atoms with Gasteiger partial charge in [0.15, 0.2) is 18.0 Å². The van der Waals surface area contributed by atoms with Crippen LogP contribution in [0.25, 0.3) is 0 Å². The standard InChI is InChI=1S/C28H52N8O10/c1-27(41)11-43-25(20(40)23(27)34-2)45-21-12(6-18(38)28(42)7-17(28)36-26(32)33)5-16(31)22(19(21)39)46-24-15(30)4-3-14(44-24)9-35-8-13(29)10-37/h3,12-13,15-17,19-25,34-35,37,39-42H,4-11,29-31H2,1-2H3,(H4,32,33,36)/t12-,13?,15+,16-,17?,19+,20+,21-,22?,23+,24+,25+,27-,28?/m0/s1. The molecule has 0 aromatic rings. The van der Waals surface area contributed by atoms with E-state index in [0.29, 0.717) is 25.3 Å². The number of carbonyl (C=O) groups excluding carboxylic acids is 1. The molecule has 18 heteroatoms. The lowest BCUT2D eigenvalue weighted by molar-refractivity contribution is -0.308. The zero-order valence-electron chi connectivity index (χ0n) is 26.3. The number of nitrogens with one attached hydrogen (secondary N) is 2. The number of nitrogens with zero attached hydrogens (tertiary/aromatic N) is 1. The van der Waals surface area contributed by atoms with Gasteiger partial charge in [-0.25, -0.2) is 4.99 Å². The Balaban J connectivity index is 1.50. The molecular weight excluding hydrogens is 608 g/mol. The Morgan fingerprint density at radius 1 is 1.15 bits per heavy atom. The van der Waals surface area contributed by atoms with Crippen molar-refractivity contribution in [1.82, 2.24) is 10.6 Å². The molecule has 18 nitrogen and oxygen atoms in total. The Bertz CT molecular complexity index is 1110. The maximum absolute atomic E-state index is 13.3. The summed E-state index contributed by atoms with van der Waals surface area (Å²) in [5.41, 5.74) is 26.2. The summed E-state index contributed by atoms with van der Waals surface area (Å²) in [5, 5.41) is 59.4. The highest BCUT2D eigenvalue weighted by atomic mass is 16.7. The van der Waals surface area contributed by atoms with E-state index >= 15 is 0 Å². The zero-order valence-corrected chi connectivity index (χ0v) is 26.3. The third-order valence-electron chi connectivity index (χ3n) is 9.16. The molecule has 3 fully saturated rings. The summed E-state index contributed by atoms with van der Waals surface area (Å²) in [4.78, 5) is 17.2. The van der Waals surface area contributed by atoms with Gasteiger partial charge in [-0.1, -0.05) is 0 Å². The number of aliphatic hydroxyl groups is 5. The summed E-state index contributed by atoms with van der Waals surface area (Å²) in [5.74, 6) is -1.02. The number of likely N-dealkylation sites (N-methyl/N-ethyl adjacent to an activating group) is 1. The normalized spacial score (nSPS) is 43.3. The first-order chi connectivity index (χ1) is 21.6. The van der Waals surface area contributed by atoms with Crippen LogP contribution < -0.4 is 39.3 Å². The van der Waals surface area contributed by atoms with Crippen LogP contribution >= 0.6 is 0 Å². The molecule has 4 rings (SSSR count). The predicted molar refractivity (Wildman–Crippen MR) is 163 cm³/mol. The van der Waals surface area contributed by atoms with Crippen LogP contribution in [0, 0.1) is 5.92 Å². The number of nitrogens with two attached hydrogens (primary N) is 5. The van der Waals surface area contributed by atoms with Crippen LogP contribution in [0.4, 0.5) is 0 Å². The second-order valence-electron chi connectivity index (χ2n) is 13.1. The van der Waals surface area contributed by atoms with E-state index in [2.05, 4.69) is 15.6 Å². The molecule has 2 aliphatic carbocycles. The third kappa shape index (κ3) is 8.32. The van der Waals surface area contributed by atoms with E-state index in [9.17, 15) is 25.2 Å². The molecule has 14 atom stereocenters. The Labute approximate surface area is 267 Å². The minimum Gasteiger partial charge on any atom is -0.467 e. The molecule has 2 saturated carbocycles. The average Bonchev–Trinajstić information content (AvgIpc) is 3.64. The van der Waals surface area contributed by atoms with Gasteiger partial charge in [-0.05, 0) is 38.8 Å². The molecule has 0 aromatic carbocycles. The first-order valence-corrected chi connectivity index (χ1v) is 15.6. The van der Waals surface area contributed by atoms with Crippen LogP contribution in [0.3, 0.4) is 0 Å². The van der Waals surface area contributed by atoms with E-state index in [0.717, 1.165) is 0 Å². The monoisotopic (exact) mass is 660 g/mol. The van der Waals surface area contributed by atoms with E-state index in [1.54, 1.807) is 13.1 Å². The van der Waals surface area contributed by atoms with Crippen molar-refractivity contribution in [2.24, 2.45) is 39.6 Å². The number of hydrogen-bond acceptors (Lipinski definition) is 16. The number of ether oxygens (including phenoxy) is 4. The van der Waals surface area contributed by atoms with E-state index in [1.807, 2.05) is 0 Å². The second-order valence-corrected chi connectivity index (χ2v) is 13.1. The molecule has 0 spiro atoms. The minimum atomic E-state index is -1.77. The molecule has 0 amide bonds. The van der Waals surface area contributed by atoms with Gasteiger partial charge in [0.25, 0.3) is 0 Å². The van der Waals surface area contributed by atoms with Crippen molar-refractivity contribution in [3.63, 3.8) is 0 Å². The summed E-state index contributed by atoms with van der Waals surface area (Å²) < 4.78 is 24.0. The highest BCUT2D eigenvalue weighted by molar-refractivity contribution is 5.92. The first-order valence-electron chi connectivity index (χ1n) is 15.6. The lowest BCUT2D eigenvalue weighted by Crippen LogP contribution is -2.67. The summed E-state index contributed by atoms with van der Waals surface area (Å²) in [7, 11) is 1.57. The van der Waals surface area contributed by atoms with Crippen molar-refractivity contribution in [1.29, 1.82) is 0 Å². The van der Waals surface area contributed by atoms with Crippen molar-refractivity contribution >= 4 is 11.7 Å². The fourth-order valence-electron chi connectivity index (χ4n) is 6.42. The van der Waals surface area contributed by atoms with Gasteiger partial charge in [0.05, 0.1) is 44.0 Å². The van der Waals surface area contributed by atoms with E-state index in [1.165, 1.54) is 6.92 Å². The maximum Gasteiger partial charge on any atom is 0.215 e. The molecule has 264 valence electrons. The second kappa shape index (κ2) is 15.0. The maximum atomic E-state index is 13.3. The fourth-order valence-corrected chi connectivity index (χ4v) is 6.42. The molecule has 0 bridgehead atoms. The Morgan fingerprint density at radius 3 is 2.50 bits per heavy atom. The summed E-state index contributed by atoms with van der Waals surface area (Å²) in [6.07, 6.45) is -5.25. The molecule has 0 radical (unpaired) electrons. The minimum absolute atomic E-state index is 0.0409. The van der Waals surface area contributed by atoms with Crippen LogP contribution in [0.2, 0.25) is 0 Å². The average molecular weight is 661 g/mol. The number of carbonyl (C=O) groups is 1. The van der Waals surface area contributed by atoms with Gasteiger partial charge in [-0.2, -0.15) is 0 Å². The van der Waals surface area contributed by atoms with Crippen molar-refractivity contribution in [3.8, 4) is 0 Å². The van der Waals surface area contributed by atoms with Crippen LogP contribution in [0.15, 0.2) is 16.8 Å². The van der Waals surface area contributed by atoms with Crippen LogP contribution in [0.1, 0.15) is 32.6 Å². The molecule has 1 saturated heterocycles. The van der Waals surface area contributed by atoms with Gasteiger partial charge in [-0.3, -0.25) is 4.79 Å². The summed E-state index contributed by atoms with van der Waals surface area (Å²) >= 11 is 0. The number of hydrogen-bond donors (Lipinski definition) is 12. The number of aliphatic hydroxyl groups excluding tert-OH is 3. The van der Waals surface area contributed by atoms with Gasteiger partial charge in [0.2, 0.25) is 6.29 Å². The van der Waals surface area contributed by atoms with Crippen LogP contribution in [0.5, 0.6) is 0 Å². The third-order valence-corrected chi connectivity index (χ3v) is 9.16. The quantitative estimate of drug-likeness (QED) is 0.0609. The molecule has 4 unspecified atom stereocenters. The highest BCUT2D eigenvalue weighted by Crippen LogP contribution is 2.43. The van der Waals surface area contributed by atoms with Crippen molar-refractivity contribution < 1.29 is 49.3 Å². The number of aliphatic imine (C=N–C) groups is 1. The fraction of sp³-hybridized carbons (Fsp3) is 0.857. The smallest absolute Gasteiger partial charge is 0.215 e. The Hall–Kier alpha value is -2.04. The van der Waals surface area contributed by atoms with Gasteiger partial charge >= 0.3 is 0 Å². The highest BCUT2D eigenvalue weighted by Gasteiger charge is 2.60. The van der Waals surface area contributed by atoms with Crippen LogP contribution in [-0.4, -0.2) is 149 Å². The van der Waals surface area contributed by atoms with Gasteiger partial charge in [0.1, 0.15) is 35.3 Å². The first kappa shape index (κ1) is 36.8. The van der Waals surface area contributed by atoms with Gasteiger partial charge in [0, 0.05) is 31.5 Å². The number of guanidine groups is 1. The number of Topliss-reactive ketones (excluding diaryl/α,β-unsaturated/α-hetero) is 1. The van der Waals surface area contributed by atoms with E-state index in [4.69, 9.17) is 52.7 Å². The molecule has 2 heterocycles. The molecular formula is C28H52N8O10. The van der Waals surface area contributed by atoms with E-state index in [-0.39, 0.29) is 38.4 Å². The van der Waals surface area contributed by atoms with Gasteiger partial charge in [-0.15, -0.1) is 0 Å². The number of rotatable bonds is 14. The van der Waals surface area contributed by atoms with Gasteiger partial charge < -0.3 is 83.8 Å². The zero-order chi connectivity index (χ0) is 34.0. The molecule has 4 aliphatic rings. The summed E-state index contributed by atoms with van der Waals surface area (Å²) in [6, 6.07) is -3.48. The summed E-state index contributed by atoms with van der Waals surface area (Å²) in [6.45, 7) is 1.78. The SMILES string of the molecule is CN[C@@H]1[C@@H](O)[C@@H](O[C@H]2[C@H](CC(=O)C3(O)CC3N=C(N)N)C[C@H](N)C(O[C@H]3OC(CNCC(N)CO)=CC[C@H]3N)[C@@H]2O)OC[C@]1(C)O. The Morgan fingerprint density at radius 2 is 1.85 bits per heavy atom. The topological polar surface area (TPSA) is 322 Å². The van der Waals surface area contributed by atoms with Crippen molar-refractivity contribution in [2.75, 3.05) is 33.4 Å². The molecule has 46 heavy (non-hydrogen) atoms. The van der Waals surface area contributed by atoms with Crippen molar-refractivity contribution in [3.05, 3.63) is 11.8 Å².